The van der Waals surface area contributed by atoms with E-state index in [-0.39, 0.29) is 0 Å². The Bertz CT molecular complexity index is 40.8. The molecule has 0 aromatic heterocycles. The second-order valence-corrected chi connectivity index (χ2v) is 3.19. The molecule has 2 heteroatoms. The van der Waals surface area contributed by atoms with Gasteiger partial charge in [0.1, 0.15) is 0 Å². The fourth-order valence-corrected chi connectivity index (χ4v) is 0.677. The molecule has 0 amide bonds. The van der Waals surface area contributed by atoms with Gasteiger partial charge in [0, 0.05) is 11.8 Å². The van der Waals surface area contributed by atoms with Crippen molar-refractivity contribution >= 4 is 23.2 Å². The summed E-state index contributed by atoms with van der Waals surface area (Å²) in [6.07, 6.45) is 7.01. The molecule has 0 radical (unpaired) electrons. The third-order valence-electron chi connectivity index (χ3n) is 1.28. The van der Waals surface area contributed by atoms with E-state index in [0.717, 1.165) is 0 Å². The molecule has 0 atom stereocenters. The first-order valence-electron chi connectivity index (χ1n) is 4.45. The molecule has 0 unspecified atom stereocenters. The van der Waals surface area contributed by atoms with Crippen LogP contribution in [0.2, 0.25) is 0 Å². The van der Waals surface area contributed by atoms with Gasteiger partial charge < -0.3 is 0 Å². The fraction of sp³-hybridized carbons (Fsp3) is 1.00. The van der Waals surface area contributed by atoms with Crippen molar-refractivity contribution in [3.63, 3.8) is 0 Å². The Balaban J connectivity index is 0. The van der Waals surface area contributed by atoms with E-state index in [1.54, 1.807) is 0 Å². The smallest absolute Gasteiger partial charge is 0.0359 e. The van der Waals surface area contributed by atoms with E-state index < -0.39 is 0 Å². The van der Waals surface area contributed by atoms with Crippen molar-refractivity contribution in [1.82, 2.24) is 0 Å². The molecule has 70 valence electrons. The summed E-state index contributed by atoms with van der Waals surface area (Å²) in [5.41, 5.74) is 0. The molecule has 0 rings (SSSR count). The van der Waals surface area contributed by atoms with Gasteiger partial charge >= 0.3 is 0 Å². The Morgan fingerprint density at radius 1 is 0.727 bits per heavy atom. The van der Waals surface area contributed by atoms with Crippen LogP contribution in [0.4, 0.5) is 0 Å². The SMILES string of the molecule is CCCCCCC.ClCCCl. The third kappa shape index (κ3) is 25.0. The summed E-state index contributed by atoms with van der Waals surface area (Å²) < 4.78 is 0. The van der Waals surface area contributed by atoms with E-state index in [0.29, 0.717) is 11.8 Å². The van der Waals surface area contributed by atoms with Crippen molar-refractivity contribution < 1.29 is 0 Å². The lowest BCUT2D eigenvalue weighted by atomic mass is 10.2. The van der Waals surface area contributed by atoms with Gasteiger partial charge in [-0.15, -0.1) is 23.2 Å². The predicted octanol–water partition coefficient (Wildman–Crippen LogP) is 4.44. The number of unbranched alkanes of at least 4 members (excludes halogenated alkanes) is 4. The highest BCUT2D eigenvalue weighted by Gasteiger charge is 1.80. The van der Waals surface area contributed by atoms with Crippen LogP contribution >= 0.6 is 23.2 Å². The van der Waals surface area contributed by atoms with Gasteiger partial charge in [-0.1, -0.05) is 46.0 Å². The molecule has 11 heavy (non-hydrogen) atoms. The van der Waals surface area contributed by atoms with E-state index in [2.05, 4.69) is 13.8 Å². The van der Waals surface area contributed by atoms with E-state index in [9.17, 15) is 0 Å². The molecule has 0 heterocycles. The number of hydrogen-bond acceptors (Lipinski definition) is 0. The van der Waals surface area contributed by atoms with Crippen molar-refractivity contribution in [2.75, 3.05) is 11.8 Å². The Morgan fingerprint density at radius 3 is 1.27 bits per heavy atom. The zero-order valence-corrected chi connectivity index (χ0v) is 9.22. The van der Waals surface area contributed by atoms with Crippen LogP contribution in [0.3, 0.4) is 0 Å². The van der Waals surface area contributed by atoms with Crippen LogP contribution in [0.5, 0.6) is 0 Å². The Labute approximate surface area is 81.3 Å². The maximum atomic E-state index is 5.05. The monoisotopic (exact) mass is 198 g/mol. The first-order valence-corrected chi connectivity index (χ1v) is 5.52. The average Bonchev–Trinajstić information content (AvgIpc) is 2.06. The summed E-state index contributed by atoms with van der Waals surface area (Å²) in [5, 5.41) is 0. The topological polar surface area (TPSA) is 0 Å². The number of rotatable bonds is 5. The molecule has 0 spiro atoms. The fourth-order valence-electron chi connectivity index (χ4n) is 0.677. The minimum Gasteiger partial charge on any atom is -0.125 e. The van der Waals surface area contributed by atoms with Crippen molar-refractivity contribution in [1.29, 1.82) is 0 Å². The number of halogens is 2. The molecule has 0 aromatic rings. The van der Waals surface area contributed by atoms with Crippen LogP contribution in [0.1, 0.15) is 46.0 Å². The standard InChI is InChI=1S/C7H16.C2H4Cl2/c1-3-5-7-6-4-2;3-1-2-4/h3-7H2,1-2H3;1-2H2. The van der Waals surface area contributed by atoms with Gasteiger partial charge in [0.15, 0.2) is 0 Å². The second kappa shape index (κ2) is 16.9. The summed E-state index contributed by atoms with van der Waals surface area (Å²) in [6.45, 7) is 4.49. The Kier molecular flexibility index (Phi) is 21.7. The average molecular weight is 199 g/mol. The van der Waals surface area contributed by atoms with Gasteiger partial charge in [-0.25, -0.2) is 0 Å². The molecule has 0 saturated carbocycles. The van der Waals surface area contributed by atoms with Crippen molar-refractivity contribution in [3.8, 4) is 0 Å². The summed E-state index contributed by atoms with van der Waals surface area (Å²) in [7, 11) is 0. The molecule has 0 aromatic carbocycles. The van der Waals surface area contributed by atoms with Gasteiger partial charge in [-0.2, -0.15) is 0 Å². The number of hydrogen-bond donors (Lipinski definition) is 0. The van der Waals surface area contributed by atoms with Crippen LogP contribution in [-0.2, 0) is 0 Å². The molecular formula is C9H20Cl2. The molecule has 0 fully saturated rings. The molecule has 0 N–H and O–H groups in total. The highest BCUT2D eigenvalue weighted by Crippen LogP contribution is 2.00. The lowest BCUT2D eigenvalue weighted by Crippen LogP contribution is -1.70. The van der Waals surface area contributed by atoms with Crippen molar-refractivity contribution in [2.45, 2.75) is 46.0 Å². The summed E-state index contributed by atoms with van der Waals surface area (Å²) in [6, 6.07) is 0. The van der Waals surface area contributed by atoms with Gasteiger partial charge in [-0.3, -0.25) is 0 Å². The minimum absolute atomic E-state index is 0.557. The molecule has 0 saturated heterocycles. The summed E-state index contributed by atoms with van der Waals surface area (Å²) >= 11 is 10.1. The van der Waals surface area contributed by atoms with Gasteiger partial charge in [0.2, 0.25) is 0 Å². The molecule has 0 bridgehead atoms. The van der Waals surface area contributed by atoms with Gasteiger partial charge in [0.25, 0.3) is 0 Å². The molecule has 0 nitrogen and oxygen atoms in total. The molecule has 0 aliphatic rings. The van der Waals surface area contributed by atoms with Crippen molar-refractivity contribution in [3.05, 3.63) is 0 Å². The zero-order chi connectivity index (χ0) is 8.95. The summed E-state index contributed by atoms with van der Waals surface area (Å²) in [5.74, 6) is 1.11. The van der Waals surface area contributed by atoms with E-state index >= 15 is 0 Å². The summed E-state index contributed by atoms with van der Waals surface area (Å²) in [4.78, 5) is 0. The van der Waals surface area contributed by atoms with Crippen LogP contribution in [0.25, 0.3) is 0 Å². The lowest BCUT2D eigenvalue weighted by molar-refractivity contribution is 0.656. The first-order chi connectivity index (χ1) is 5.33. The Morgan fingerprint density at radius 2 is 1.09 bits per heavy atom. The highest BCUT2D eigenvalue weighted by atomic mass is 35.5. The molecule has 0 aliphatic heterocycles. The largest absolute Gasteiger partial charge is 0.125 e. The quantitative estimate of drug-likeness (QED) is 0.453. The maximum absolute atomic E-state index is 5.05. The van der Waals surface area contributed by atoms with E-state index in [1.165, 1.54) is 32.1 Å². The lowest BCUT2D eigenvalue weighted by Gasteiger charge is -1.90. The Hall–Kier alpha value is 0.580. The maximum Gasteiger partial charge on any atom is 0.0359 e. The van der Waals surface area contributed by atoms with Crippen LogP contribution < -0.4 is 0 Å². The zero-order valence-electron chi connectivity index (χ0n) is 7.71. The first kappa shape index (κ1) is 14.1. The van der Waals surface area contributed by atoms with Crippen LogP contribution in [0, 0.1) is 0 Å². The minimum atomic E-state index is 0.557. The van der Waals surface area contributed by atoms with Gasteiger partial charge in [-0.05, 0) is 0 Å². The third-order valence-corrected chi connectivity index (χ3v) is 1.85. The predicted molar refractivity (Wildman–Crippen MR) is 55.9 cm³/mol. The normalized spacial score (nSPS) is 8.73. The second-order valence-electron chi connectivity index (χ2n) is 2.44. The number of alkyl halides is 2. The van der Waals surface area contributed by atoms with E-state index in [1.807, 2.05) is 0 Å². The van der Waals surface area contributed by atoms with E-state index in [4.69, 9.17) is 23.2 Å². The molecular weight excluding hydrogens is 179 g/mol. The highest BCUT2D eigenvalue weighted by molar-refractivity contribution is 6.25. The molecule has 0 aliphatic carbocycles. The van der Waals surface area contributed by atoms with Crippen LogP contribution in [0.15, 0.2) is 0 Å². The van der Waals surface area contributed by atoms with Crippen LogP contribution in [-0.4, -0.2) is 11.8 Å². The van der Waals surface area contributed by atoms with Gasteiger partial charge in [0.05, 0.1) is 0 Å². The van der Waals surface area contributed by atoms with Crippen molar-refractivity contribution in [2.24, 2.45) is 0 Å².